The molecule has 4 heteroatoms. The number of benzene rings is 1. The van der Waals surface area contributed by atoms with Crippen molar-refractivity contribution in [2.24, 2.45) is 0 Å². The second-order valence-corrected chi connectivity index (χ2v) is 5.42. The summed E-state index contributed by atoms with van der Waals surface area (Å²) in [4.78, 5) is 14.8. The number of hydrogen-bond acceptors (Lipinski definition) is 2. The van der Waals surface area contributed by atoms with Crippen LogP contribution in [0.15, 0.2) is 24.4 Å². The summed E-state index contributed by atoms with van der Waals surface area (Å²) >= 11 is 5.92. The van der Waals surface area contributed by atoms with Crippen molar-refractivity contribution < 1.29 is 9.53 Å². The molecule has 0 spiro atoms. The number of unbranched alkanes of at least 4 members (excludes halogenated alkanes) is 4. The van der Waals surface area contributed by atoms with Gasteiger partial charge in [-0.2, -0.15) is 0 Å². The molecular weight excluding hydrogens is 274 g/mol. The highest BCUT2D eigenvalue weighted by Crippen LogP contribution is 2.28. The van der Waals surface area contributed by atoms with Gasteiger partial charge in [0.15, 0.2) is 5.75 Å². The third-order valence-corrected chi connectivity index (χ3v) is 3.55. The number of esters is 1. The normalized spacial score (nSPS) is 10.9. The van der Waals surface area contributed by atoms with Crippen molar-refractivity contribution in [3.05, 3.63) is 29.4 Å². The number of ether oxygens (including phenoxy) is 1. The number of rotatable bonds is 7. The fraction of sp³-hybridized carbons (Fsp3) is 0.438. The Hall–Kier alpha value is -1.48. The number of fused-ring (bicyclic) bond motifs is 1. The molecule has 108 valence electrons. The molecule has 0 bridgehead atoms. The van der Waals surface area contributed by atoms with Crippen LogP contribution in [0, 0.1) is 0 Å². The quantitative estimate of drug-likeness (QED) is 0.571. The summed E-state index contributed by atoms with van der Waals surface area (Å²) in [5, 5.41) is 1.54. The largest absolute Gasteiger partial charge is 0.424 e. The van der Waals surface area contributed by atoms with Crippen molar-refractivity contribution in [2.75, 3.05) is 0 Å². The molecule has 0 atom stereocenters. The molecule has 1 aromatic carbocycles. The zero-order valence-corrected chi connectivity index (χ0v) is 12.5. The van der Waals surface area contributed by atoms with E-state index < -0.39 is 0 Å². The maximum Gasteiger partial charge on any atom is 0.311 e. The summed E-state index contributed by atoms with van der Waals surface area (Å²) in [5.41, 5.74) is 0.878. The molecule has 1 N–H and O–H groups in total. The minimum absolute atomic E-state index is 0.169. The van der Waals surface area contributed by atoms with Gasteiger partial charge in [-0.15, -0.1) is 0 Å². The first-order valence-corrected chi connectivity index (χ1v) is 7.56. The molecule has 0 aliphatic heterocycles. The predicted octanol–water partition coefficient (Wildman–Crippen LogP) is 5.09. The van der Waals surface area contributed by atoms with Crippen LogP contribution in [0.5, 0.6) is 5.75 Å². The van der Waals surface area contributed by atoms with E-state index in [1.807, 2.05) is 12.1 Å². The molecule has 0 saturated heterocycles. The number of aromatic nitrogens is 1. The van der Waals surface area contributed by atoms with Gasteiger partial charge in [0.1, 0.15) is 0 Å². The summed E-state index contributed by atoms with van der Waals surface area (Å²) < 4.78 is 5.40. The molecule has 1 heterocycles. The summed E-state index contributed by atoms with van der Waals surface area (Å²) in [6.07, 6.45) is 7.80. The smallest absolute Gasteiger partial charge is 0.311 e. The molecule has 0 aliphatic rings. The Kier molecular flexibility index (Phi) is 5.48. The van der Waals surface area contributed by atoms with Crippen molar-refractivity contribution >= 4 is 28.5 Å². The van der Waals surface area contributed by atoms with Gasteiger partial charge in [0.05, 0.1) is 5.52 Å². The van der Waals surface area contributed by atoms with Crippen molar-refractivity contribution in [1.29, 1.82) is 0 Å². The first kappa shape index (κ1) is 14.9. The van der Waals surface area contributed by atoms with Gasteiger partial charge in [0.2, 0.25) is 0 Å². The molecule has 1 aromatic heterocycles. The fourth-order valence-electron chi connectivity index (χ4n) is 2.20. The van der Waals surface area contributed by atoms with Crippen LogP contribution in [-0.2, 0) is 4.79 Å². The van der Waals surface area contributed by atoms with E-state index in [4.69, 9.17) is 16.3 Å². The van der Waals surface area contributed by atoms with Gasteiger partial charge in [-0.25, -0.2) is 0 Å². The Labute approximate surface area is 124 Å². The van der Waals surface area contributed by atoms with E-state index in [0.717, 1.165) is 23.7 Å². The number of halogens is 1. The standard InChI is InChI=1S/C16H20ClNO2/c1-2-3-4-5-6-7-16(19)20-15-11-18-14-10-12(17)8-9-13(14)15/h8-11,18H,2-7H2,1H3. The van der Waals surface area contributed by atoms with Crippen LogP contribution in [0.2, 0.25) is 5.02 Å². The molecule has 0 saturated carbocycles. The summed E-state index contributed by atoms with van der Waals surface area (Å²) in [7, 11) is 0. The van der Waals surface area contributed by atoms with Crippen molar-refractivity contribution in [3.8, 4) is 5.75 Å². The lowest BCUT2D eigenvalue weighted by atomic mass is 10.1. The minimum atomic E-state index is -0.169. The summed E-state index contributed by atoms with van der Waals surface area (Å²) in [5.74, 6) is 0.410. The maximum absolute atomic E-state index is 11.8. The second kappa shape index (κ2) is 7.34. The van der Waals surface area contributed by atoms with Crippen molar-refractivity contribution in [2.45, 2.75) is 45.4 Å². The number of hydrogen-bond donors (Lipinski definition) is 1. The van der Waals surface area contributed by atoms with Crippen LogP contribution in [-0.4, -0.2) is 11.0 Å². The van der Waals surface area contributed by atoms with Gasteiger partial charge in [-0.3, -0.25) is 4.79 Å². The predicted molar refractivity (Wildman–Crippen MR) is 82.3 cm³/mol. The van der Waals surface area contributed by atoms with Gasteiger partial charge < -0.3 is 9.72 Å². The average Bonchev–Trinajstić information content (AvgIpc) is 2.81. The molecule has 2 rings (SSSR count). The molecule has 2 aromatic rings. The van der Waals surface area contributed by atoms with Gasteiger partial charge in [-0.1, -0.05) is 44.2 Å². The number of carbonyl (C=O) groups excluding carboxylic acids is 1. The van der Waals surface area contributed by atoms with Crippen LogP contribution in [0.3, 0.4) is 0 Å². The third-order valence-electron chi connectivity index (χ3n) is 3.31. The van der Waals surface area contributed by atoms with Gasteiger partial charge in [0.25, 0.3) is 0 Å². The topological polar surface area (TPSA) is 42.1 Å². The Morgan fingerprint density at radius 2 is 2.05 bits per heavy atom. The Balaban J connectivity index is 1.87. The number of H-pyrrole nitrogens is 1. The van der Waals surface area contributed by atoms with E-state index in [1.54, 1.807) is 12.3 Å². The lowest BCUT2D eigenvalue weighted by molar-refractivity contribution is -0.134. The van der Waals surface area contributed by atoms with Crippen LogP contribution < -0.4 is 4.74 Å². The van der Waals surface area contributed by atoms with Crippen LogP contribution in [0.1, 0.15) is 45.4 Å². The molecule has 0 unspecified atom stereocenters. The summed E-state index contributed by atoms with van der Waals surface area (Å²) in [6.45, 7) is 2.18. The van der Waals surface area contributed by atoms with E-state index in [0.29, 0.717) is 17.2 Å². The monoisotopic (exact) mass is 293 g/mol. The van der Waals surface area contributed by atoms with Crippen LogP contribution >= 0.6 is 11.6 Å². The Morgan fingerprint density at radius 3 is 2.85 bits per heavy atom. The summed E-state index contributed by atoms with van der Waals surface area (Å²) in [6, 6.07) is 5.47. The molecule has 0 aliphatic carbocycles. The highest BCUT2D eigenvalue weighted by molar-refractivity contribution is 6.31. The van der Waals surface area contributed by atoms with E-state index in [9.17, 15) is 4.79 Å². The third kappa shape index (κ3) is 4.01. The molecular formula is C16H20ClNO2. The fourth-order valence-corrected chi connectivity index (χ4v) is 2.37. The zero-order valence-electron chi connectivity index (χ0n) is 11.7. The van der Waals surface area contributed by atoms with Crippen molar-refractivity contribution in [3.63, 3.8) is 0 Å². The van der Waals surface area contributed by atoms with E-state index >= 15 is 0 Å². The first-order chi connectivity index (χ1) is 9.70. The SMILES string of the molecule is CCCCCCCC(=O)Oc1c[nH]c2cc(Cl)ccc12. The molecule has 0 radical (unpaired) electrons. The lowest BCUT2D eigenvalue weighted by Gasteiger charge is -2.03. The van der Waals surface area contributed by atoms with Gasteiger partial charge in [-0.05, 0) is 24.6 Å². The average molecular weight is 294 g/mol. The number of aromatic amines is 1. The second-order valence-electron chi connectivity index (χ2n) is 4.98. The van der Waals surface area contributed by atoms with E-state index in [2.05, 4.69) is 11.9 Å². The zero-order chi connectivity index (χ0) is 14.4. The lowest BCUT2D eigenvalue weighted by Crippen LogP contribution is -2.07. The molecule has 0 amide bonds. The highest BCUT2D eigenvalue weighted by Gasteiger charge is 2.10. The van der Waals surface area contributed by atoms with Crippen LogP contribution in [0.25, 0.3) is 10.9 Å². The highest BCUT2D eigenvalue weighted by atomic mass is 35.5. The minimum Gasteiger partial charge on any atom is -0.424 e. The maximum atomic E-state index is 11.8. The molecule has 0 fully saturated rings. The number of nitrogens with one attached hydrogen (secondary N) is 1. The van der Waals surface area contributed by atoms with E-state index in [1.165, 1.54) is 19.3 Å². The molecule has 3 nitrogen and oxygen atoms in total. The Bertz CT molecular complexity index is 577. The number of carbonyl (C=O) groups is 1. The van der Waals surface area contributed by atoms with Gasteiger partial charge >= 0.3 is 5.97 Å². The van der Waals surface area contributed by atoms with E-state index in [-0.39, 0.29) is 5.97 Å². The molecule has 20 heavy (non-hydrogen) atoms. The van der Waals surface area contributed by atoms with Gasteiger partial charge in [0, 0.05) is 23.0 Å². The van der Waals surface area contributed by atoms with Crippen LogP contribution in [0.4, 0.5) is 0 Å². The van der Waals surface area contributed by atoms with Crippen molar-refractivity contribution in [1.82, 2.24) is 4.98 Å². The Morgan fingerprint density at radius 1 is 1.25 bits per heavy atom. The first-order valence-electron chi connectivity index (χ1n) is 7.18.